The van der Waals surface area contributed by atoms with Crippen LogP contribution >= 0.6 is 0 Å². The van der Waals surface area contributed by atoms with Gasteiger partial charge in [-0.15, -0.1) is 0 Å². The van der Waals surface area contributed by atoms with Gasteiger partial charge >= 0.3 is 0 Å². The van der Waals surface area contributed by atoms with Crippen LogP contribution in [-0.2, 0) is 14.2 Å². The van der Waals surface area contributed by atoms with Crippen molar-refractivity contribution in [1.82, 2.24) is 4.90 Å². The highest BCUT2D eigenvalue weighted by Gasteiger charge is 2.07. The number of unbranched alkanes of at least 4 members (excludes halogenated alkanes) is 1. The molecule has 0 radical (unpaired) electrons. The van der Waals surface area contributed by atoms with Crippen molar-refractivity contribution in [3.63, 3.8) is 0 Å². The summed E-state index contributed by atoms with van der Waals surface area (Å²) >= 11 is 0. The fourth-order valence-corrected chi connectivity index (χ4v) is 1.89. The molecule has 5 heteroatoms. The van der Waals surface area contributed by atoms with Crippen LogP contribution < -0.4 is 5.73 Å². The highest BCUT2D eigenvalue weighted by atomic mass is 16.5. The number of nitrogens with zero attached hydrogens (tertiary/aromatic N) is 1. The Labute approximate surface area is 131 Å². The second-order valence-corrected chi connectivity index (χ2v) is 5.46. The van der Waals surface area contributed by atoms with Crippen LogP contribution in [0.15, 0.2) is 0 Å². The molecule has 5 nitrogen and oxygen atoms in total. The number of hydrogen-bond acceptors (Lipinski definition) is 5. The lowest BCUT2D eigenvalue weighted by Gasteiger charge is -2.26. The van der Waals surface area contributed by atoms with Crippen molar-refractivity contribution < 1.29 is 14.2 Å². The molecule has 21 heavy (non-hydrogen) atoms. The number of nitrogens with two attached hydrogens (primary N) is 1. The molecule has 0 aliphatic carbocycles. The van der Waals surface area contributed by atoms with E-state index < -0.39 is 0 Å². The largest absolute Gasteiger partial charge is 0.379 e. The zero-order valence-corrected chi connectivity index (χ0v) is 14.3. The third-order valence-electron chi connectivity index (χ3n) is 3.29. The Kier molecular flexibility index (Phi) is 16.0. The van der Waals surface area contributed by atoms with E-state index in [1.807, 2.05) is 0 Å². The minimum absolute atomic E-state index is 0.539. The Morgan fingerprint density at radius 2 is 1.38 bits per heavy atom. The van der Waals surface area contributed by atoms with Crippen LogP contribution in [0.4, 0.5) is 0 Å². The van der Waals surface area contributed by atoms with Gasteiger partial charge in [0.1, 0.15) is 0 Å². The zero-order chi connectivity index (χ0) is 15.8. The van der Waals surface area contributed by atoms with Gasteiger partial charge in [0.05, 0.1) is 33.0 Å². The van der Waals surface area contributed by atoms with Crippen LogP contribution in [0.2, 0.25) is 0 Å². The van der Waals surface area contributed by atoms with Crippen LogP contribution in [0.5, 0.6) is 0 Å². The zero-order valence-electron chi connectivity index (χ0n) is 14.3. The molecular weight excluding hydrogens is 268 g/mol. The first-order valence-corrected chi connectivity index (χ1v) is 8.39. The summed E-state index contributed by atoms with van der Waals surface area (Å²) in [6, 6.07) is 0.539. The minimum atomic E-state index is 0.539. The van der Waals surface area contributed by atoms with Crippen molar-refractivity contribution in [2.75, 3.05) is 59.3 Å². The van der Waals surface area contributed by atoms with Crippen molar-refractivity contribution in [3.05, 3.63) is 0 Å². The maximum atomic E-state index is 5.60. The predicted molar refractivity (Wildman–Crippen MR) is 87.7 cm³/mol. The highest BCUT2D eigenvalue weighted by Crippen LogP contribution is 1.99. The van der Waals surface area contributed by atoms with Gasteiger partial charge in [-0.3, -0.25) is 4.90 Å². The molecule has 0 atom stereocenters. The summed E-state index contributed by atoms with van der Waals surface area (Å²) in [4.78, 5) is 2.40. The maximum absolute atomic E-state index is 5.60. The van der Waals surface area contributed by atoms with Crippen LogP contribution in [0.1, 0.15) is 40.0 Å². The highest BCUT2D eigenvalue weighted by molar-refractivity contribution is 4.62. The lowest BCUT2D eigenvalue weighted by atomic mass is 10.3. The van der Waals surface area contributed by atoms with Gasteiger partial charge in [-0.2, -0.15) is 0 Å². The fourth-order valence-electron chi connectivity index (χ4n) is 1.89. The first-order chi connectivity index (χ1) is 10.2. The van der Waals surface area contributed by atoms with E-state index in [1.54, 1.807) is 0 Å². The molecule has 0 saturated heterocycles. The van der Waals surface area contributed by atoms with E-state index in [4.69, 9.17) is 19.9 Å². The van der Waals surface area contributed by atoms with E-state index in [0.717, 1.165) is 45.7 Å². The van der Waals surface area contributed by atoms with Gasteiger partial charge in [0, 0.05) is 19.2 Å². The summed E-state index contributed by atoms with van der Waals surface area (Å²) in [6.07, 6.45) is 3.34. The molecule has 0 fully saturated rings. The van der Waals surface area contributed by atoms with Gasteiger partial charge in [-0.05, 0) is 39.8 Å². The lowest BCUT2D eigenvalue weighted by molar-refractivity contribution is 0.00870. The molecule has 0 rings (SSSR count). The normalized spacial score (nSPS) is 11.7. The van der Waals surface area contributed by atoms with Crippen molar-refractivity contribution in [2.45, 2.75) is 46.1 Å². The van der Waals surface area contributed by atoms with Crippen molar-refractivity contribution in [2.24, 2.45) is 5.73 Å². The van der Waals surface area contributed by atoms with Gasteiger partial charge in [0.2, 0.25) is 0 Å². The molecule has 128 valence electrons. The topological polar surface area (TPSA) is 57.0 Å². The van der Waals surface area contributed by atoms with E-state index in [0.29, 0.717) is 32.5 Å². The SMILES string of the molecule is CCCCOCCOCCOCCN(CCCN)C(C)C. The minimum Gasteiger partial charge on any atom is -0.379 e. The second-order valence-electron chi connectivity index (χ2n) is 5.46. The van der Waals surface area contributed by atoms with E-state index in [9.17, 15) is 0 Å². The molecule has 2 N–H and O–H groups in total. The monoisotopic (exact) mass is 304 g/mol. The molecule has 0 aromatic rings. The molecule has 0 aliphatic heterocycles. The standard InChI is InChI=1S/C16H36N2O3/c1-4-5-10-19-12-14-21-15-13-20-11-9-18(16(2)3)8-6-7-17/h16H,4-15,17H2,1-3H3. The molecule has 0 unspecified atom stereocenters. The Hall–Kier alpha value is -0.200. The van der Waals surface area contributed by atoms with Gasteiger partial charge in [-0.1, -0.05) is 13.3 Å². The summed E-state index contributed by atoms with van der Waals surface area (Å²) in [7, 11) is 0. The van der Waals surface area contributed by atoms with Gasteiger partial charge < -0.3 is 19.9 Å². The third-order valence-corrected chi connectivity index (χ3v) is 3.29. The lowest BCUT2D eigenvalue weighted by Crippen LogP contribution is -2.35. The van der Waals surface area contributed by atoms with E-state index in [1.165, 1.54) is 6.42 Å². The summed E-state index contributed by atoms with van der Waals surface area (Å²) in [5.74, 6) is 0. The van der Waals surface area contributed by atoms with Gasteiger partial charge in [-0.25, -0.2) is 0 Å². The first kappa shape index (κ1) is 20.8. The number of rotatable bonds is 16. The molecule has 0 bridgehead atoms. The van der Waals surface area contributed by atoms with Crippen molar-refractivity contribution in [1.29, 1.82) is 0 Å². The average Bonchev–Trinajstić information content (AvgIpc) is 2.47. The Balaban J connectivity index is 3.29. The summed E-state index contributed by atoms with van der Waals surface area (Å²) in [5, 5.41) is 0. The maximum Gasteiger partial charge on any atom is 0.0701 e. The van der Waals surface area contributed by atoms with Crippen LogP contribution in [0.25, 0.3) is 0 Å². The van der Waals surface area contributed by atoms with Crippen LogP contribution in [0.3, 0.4) is 0 Å². The Morgan fingerprint density at radius 1 is 0.810 bits per heavy atom. The van der Waals surface area contributed by atoms with E-state index in [2.05, 4.69) is 25.7 Å². The van der Waals surface area contributed by atoms with E-state index in [-0.39, 0.29) is 0 Å². The fraction of sp³-hybridized carbons (Fsp3) is 1.00. The predicted octanol–water partition coefficient (Wildman–Crippen LogP) is 1.90. The first-order valence-electron chi connectivity index (χ1n) is 8.39. The summed E-state index contributed by atoms with van der Waals surface area (Å²) in [6.45, 7) is 13.5. The molecule has 0 amide bonds. The summed E-state index contributed by atoms with van der Waals surface area (Å²) < 4.78 is 16.5. The molecule has 0 heterocycles. The average molecular weight is 304 g/mol. The Morgan fingerprint density at radius 3 is 1.90 bits per heavy atom. The molecule has 0 aromatic carbocycles. The van der Waals surface area contributed by atoms with Crippen LogP contribution in [-0.4, -0.2) is 70.2 Å². The van der Waals surface area contributed by atoms with E-state index >= 15 is 0 Å². The Bertz CT molecular complexity index is 204. The molecule has 0 spiro atoms. The molecular formula is C16H36N2O3. The quantitative estimate of drug-likeness (QED) is 0.441. The summed E-state index contributed by atoms with van der Waals surface area (Å²) in [5.41, 5.74) is 5.55. The van der Waals surface area contributed by atoms with Crippen molar-refractivity contribution >= 4 is 0 Å². The molecule has 0 aliphatic rings. The molecule has 0 aromatic heterocycles. The van der Waals surface area contributed by atoms with Gasteiger partial charge in [0.25, 0.3) is 0 Å². The van der Waals surface area contributed by atoms with Crippen LogP contribution in [0, 0.1) is 0 Å². The van der Waals surface area contributed by atoms with Crippen molar-refractivity contribution in [3.8, 4) is 0 Å². The van der Waals surface area contributed by atoms with Gasteiger partial charge in [0.15, 0.2) is 0 Å². The third kappa shape index (κ3) is 14.5. The second kappa shape index (κ2) is 16.2. The number of hydrogen-bond donors (Lipinski definition) is 1. The molecule has 0 saturated carbocycles. The number of ether oxygens (including phenoxy) is 3. The smallest absolute Gasteiger partial charge is 0.0701 e.